The maximum absolute atomic E-state index is 12.0. The number of rotatable bonds is 4. The minimum atomic E-state index is -4.85. The smallest absolute Gasteiger partial charge is 0.355 e. The Morgan fingerprint density at radius 1 is 1.31 bits per heavy atom. The summed E-state index contributed by atoms with van der Waals surface area (Å²) in [5, 5.41) is 8.68. The van der Waals surface area contributed by atoms with Crippen molar-refractivity contribution in [1.29, 1.82) is 0 Å². The van der Waals surface area contributed by atoms with Crippen molar-refractivity contribution in [3.8, 4) is 0 Å². The first kappa shape index (κ1) is 12.4. The van der Waals surface area contributed by atoms with Crippen molar-refractivity contribution in [2.45, 2.75) is 5.76 Å². The molecule has 0 atom stereocenters. The van der Waals surface area contributed by atoms with Crippen LogP contribution >= 0.6 is 0 Å². The Labute approximate surface area is 89.8 Å². The Kier molecular flexibility index (Phi) is 3.43. The number of hydrogen-bond acceptors (Lipinski definition) is 3. The minimum Gasteiger partial charge on any atom is -0.478 e. The van der Waals surface area contributed by atoms with Crippen molar-refractivity contribution in [1.82, 2.24) is 0 Å². The molecule has 0 bridgehead atoms. The Bertz CT molecular complexity index is 501. The lowest BCUT2D eigenvalue weighted by atomic mass is 10.2. The van der Waals surface area contributed by atoms with Gasteiger partial charge in [0.1, 0.15) is 0 Å². The average molecular weight is 251 g/mol. The molecule has 88 valence electrons. The first-order chi connectivity index (χ1) is 7.34. The molecule has 0 amide bonds. The van der Waals surface area contributed by atoms with Crippen LogP contribution in [0.1, 0.15) is 10.4 Å². The van der Waals surface area contributed by atoms with Gasteiger partial charge in [-0.05, 0) is 12.1 Å². The molecule has 0 unspecified atom stereocenters. The van der Waals surface area contributed by atoms with E-state index in [9.17, 15) is 22.0 Å². The zero-order valence-electron chi connectivity index (χ0n) is 7.72. The fourth-order valence-corrected chi connectivity index (χ4v) is 1.53. The predicted molar refractivity (Wildman–Crippen MR) is 51.9 cm³/mol. The molecule has 0 spiro atoms. The van der Waals surface area contributed by atoms with E-state index >= 15 is 0 Å². The number of anilines is 1. The molecular weight excluding hydrogens is 244 g/mol. The van der Waals surface area contributed by atoms with Crippen molar-refractivity contribution < 1.29 is 27.1 Å². The summed E-state index contributed by atoms with van der Waals surface area (Å²) in [6.07, 6.45) is 0. The third-order valence-electron chi connectivity index (χ3n) is 1.64. The average Bonchev–Trinajstić information content (AvgIpc) is 2.17. The number of benzene rings is 1. The van der Waals surface area contributed by atoms with Crippen molar-refractivity contribution in [3.05, 3.63) is 29.8 Å². The largest absolute Gasteiger partial charge is 0.478 e. The van der Waals surface area contributed by atoms with Gasteiger partial charge >= 0.3 is 11.7 Å². The maximum Gasteiger partial charge on any atom is 0.355 e. The van der Waals surface area contributed by atoms with Crippen LogP contribution in [0.4, 0.5) is 14.5 Å². The number of carboxylic acid groups (broad SMARTS) is 1. The van der Waals surface area contributed by atoms with Crippen LogP contribution in [0, 0.1) is 0 Å². The summed E-state index contributed by atoms with van der Waals surface area (Å²) in [6, 6.07) is 4.87. The Morgan fingerprint density at radius 2 is 1.88 bits per heavy atom. The van der Waals surface area contributed by atoms with Crippen molar-refractivity contribution in [2.75, 3.05) is 4.72 Å². The highest BCUT2D eigenvalue weighted by molar-refractivity contribution is 7.93. The molecule has 8 heteroatoms. The molecule has 0 saturated carbocycles. The summed E-state index contributed by atoms with van der Waals surface area (Å²) in [5.74, 6) is -5.03. The van der Waals surface area contributed by atoms with Gasteiger partial charge in [0.05, 0.1) is 11.3 Å². The topological polar surface area (TPSA) is 83.5 Å². The number of carbonyl (C=O) groups is 1. The summed E-state index contributed by atoms with van der Waals surface area (Å²) in [5.41, 5.74) is -0.790. The number of nitrogens with one attached hydrogen (secondary N) is 1. The molecule has 0 fully saturated rings. The maximum atomic E-state index is 12.0. The standard InChI is InChI=1S/C8H7F2NO4S/c9-8(10)16(14,15)11-6-4-2-1-3-5(6)7(12)13/h1-4,8,11H,(H,12,13). The molecule has 0 radical (unpaired) electrons. The number of hydrogen-bond donors (Lipinski definition) is 2. The number of para-hydroxylation sites is 1. The van der Waals surface area contributed by atoms with Crippen LogP contribution in [0.15, 0.2) is 24.3 Å². The number of carboxylic acids is 1. The lowest BCUT2D eigenvalue weighted by molar-refractivity contribution is 0.0698. The molecule has 0 heterocycles. The molecular formula is C8H7F2NO4S. The van der Waals surface area contributed by atoms with Crippen LogP contribution in [0.3, 0.4) is 0 Å². The van der Waals surface area contributed by atoms with Gasteiger partial charge in [0, 0.05) is 0 Å². The molecule has 2 N–H and O–H groups in total. The zero-order chi connectivity index (χ0) is 12.3. The second kappa shape index (κ2) is 4.44. The molecule has 0 saturated heterocycles. The molecule has 0 aromatic heterocycles. The molecule has 1 aromatic carbocycles. The van der Waals surface area contributed by atoms with E-state index in [2.05, 4.69) is 0 Å². The first-order valence-corrected chi connectivity index (χ1v) is 5.51. The zero-order valence-corrected chi connectivity index (χ0v) is 8.54. The van der Waals surface area contributed by atoms with E-state index in [1.807, 2.05) is 0 Å². The van der Waals surface area contributed by atoms with Gasteiger partial charge in [0.2, 0.25) is 0 Å². The van der Waals surface area contributed by atoms with E-state index in [1.54, 1.807) is 0 Å². The van der Waals surface area contributed by atoms with E-state index < -0.39 is 33.0 Å². The van der Waals surface area contributed by atoms with Gasteiger partial charge in [-0.3, -0.25) is 4.72 Å². The van der Waals surface area contributed by atoms with E-state index in [4.69, 9.17) is 5.11 Å². The van der Waals surface area contributed by atoms with Crippen molar-refractivity contribution in [2.24, 2.45) is 0 Å². The van der Waals surface area contributed by atoms with Crippen molar-refractivity contribution >= 4 is 21.7 Å². The number of alkyl halides is 2. The lowest BCUT2D eigenvalue weighted by Gasteiger charge is -2.08. The van der Waals surface area contributed by atoms with Crippen LogP contribution in [0.25, 0.3) is 0 Å². The van der Waals surface area contributed by atoms with Crippen molar-refractivity contribution in [3.63, 3.8) is 0 Å². The van der Waals surface area contributed by atoms with Crippen LogP contribution < -0.4 is 4.72 Å². The van der Waals surface area contributed by atoms with Gasteiger partial charge in [0.15, 0.2) is 0 Å². The second-order valence-corrected chi connectivity index (χ2v) is 4.41. The van der Waals surface area contributed by atoms with Gasteiger partial charge < -0.3 is 5.11 Å². The van der Waals surface area contributed by atoms with E-state index in [1.165, 1.54) is 16.9 Å². The highest BCUT2D eigenvalue weighted by Crippen LogP contribution is 2.18. The normalized spacial score (nSPS) is 11.4. The van der Waals surface area contributed by atoms with Gasteiger partial charge in [0.25, 0.3) is 10.0 Å². The summed E-state index contributed by atoms with van der Waals surface area (Å²) in [7, 11) is -4.85. The number of halogens is 2. The van der Waals surface area contributed by atoms with E-state index in [0.29, 0.717) is 0 Å². The van der Waals surface area contributed by atoms with Gasteiger partial charge in [-0.25, -0.2) is 13.2 Å². The van der Waals surface area contributed by atoms with Crippen LogP contribution in [0.2, 0.25) is 0 Å². The highest BCUT2D eigenvalue weighted by Gasteiger charge is 2.25. The quantitative estimate of drug-likeness (QED) is 0.846. The predicted octanol–water partition coefficient (Wildman–Crippen LogP) is 1.35. The first-order valence-electron chi connectivity index (χ1n) is 3.96. The number of sulfonamides is 1. The van der Waals surface area contributed by atoms with Gasteiger partial charge in [-0.1, -0.05) is 12.1 Å². The Morgan fingerprint density at radius 3 is 2.38 bits per heavy atom. The van der Waals surface area contributed by atoms with Crippen LogP contribution in [-0.4, -0.2) is 25.3 Å². The van der Waals surface area contributed by atoms with Crippen LogP contribution in [0.5, 0.6) is 0 Å². The fraction of sp³-hybridized carbons (Fsp3) is 0.125. The summed E-state index contributed by atoms with van der Waals surface area (Å²) in [4.78, 5) is 10.7. The molecule has 1 aromatic rings. The molecule has 1 rings (SSSR count). The fourth-order valence-electron chi connectivity index (χ4n) is 0.956. The second-order valence-electron chi connectivity index (χ2n) is 2.76. The third kappa shape index (κ3) is 2.66. The molecule has 16 heavy (non-hydrogen) atoms. The lowest BCUT2D eigenvalue weighted by Crippen LogP contribution is -2.21. The summed E-state index contributed by atoms with van der Waals surface area (Å²) >= 11 is 0. The van der Waals surface area contributed by atoms with E-state index in [-0.39, 0.29) is 0 Å². The minimum absolute atomic E-state index is 0.393. The number of aromatic carboxylic acids is 1. The Hall–Kier alpha value is -1.70. The van der Waals surface area contributed by atoms with Gasteiger partial charge in [-0.15, -0.1) is 0 Å². The van der Waals surface area contributed by atoms with Crippen LogP contribution in [-0.2, 0) is 10.0 Å². The summed E-state index contributed by atoms with van der Waals surface area (Å²) in [6.45, 7) is 0. The van der Waals surface area contributed by atoms with E-state index in [0.717, 1.165) is 12.1 Å². The highest BCUT2D eigenvalue weighted by atomic mass is 32.2. The molecule has 5 nitrogen and oxygen atoms in total. The molecule has 0 aliphatic carbocycles. The SMILES string of the molecule is O=C(O)c1ccccc1NS(=O)(=O)C(F)F. The molecule has 0 aliphatic heterocycles. The monoisotopic (exact) mass is 251 g/mol. The third-order valence-corrected chi connectivity index (χ3v) is 2.62. The summed E-state index contributed by atoms with van der Waals surface area (Å²) < 4.78 is 47.2. The molecule has 0 aliphatic rings. The Balaban J connectivity index is 3.12. The van der Waals surface area contributed by atoms with Gasteiger partial charge in [-0.2, -0.15) is 8.78 Å².